The minimum atomic E-state index is -1.56. The van der Waals surface area contributed by atoms with Gasteiger partial charge >= 0.3 is 0 Å². The van der Waals surface area contributed by atoms with E-state index >= 15 is 0 Å². The zero-order chi connectivity index (χ0) is 46.6. The van der Waals surface area contributed by atoms with Crippen molar-refractivity contribution in [3.8, 4) is 0 Å². The second-order valence-electron chi connectivity index (χ2n) is 17.9. The Morgan fingerprint density at radius 1 is 0.547 bits per heavy atom. The average molecular weight is 900 g/mol. The van der Waals surface area contributed by atoms with Crippen molar-refractivity contribution in [2.75, 3.05) is 13.2 Å². The van der Waals surface area contributed by atoms with E-state index < -0.39 is 49.5 Å². The maximum atomic E-state index is 13.0. The highest BCUT2D eigenvalue weighted by atomic mass is 16.7. The average Bonchev–Trinajstić information content (AvgIpc) is 3.29. The van der Waals surface area contributed by atoms with E-state index in [-0.39, 0.29) is 12.5 Å². The summed E-state index contributed by atoms with van der Waals surface area (Å²) in [6.07, 6.45) is 53.5. The summed E-state index contributed by atoms with van der Waals surface area (Å²) in [4.78, 5) is 13.0. The fourth-order valence-electron chi connectivity index (χ4n) is 7.93. The Morgan fingerprint density at radius 3 is 1.44 bits per heavy atom. The molecule has 1 fully saturated rings. The van der Waals surface area contributed by atoms with Gasteiger partial charge in [-0.15, -0.1) is 0 Å². The fourth-order valence-corrected chi connectivity index (χ4v) is 7.93. The van der Waals surface area contributed by atoms with Gasteiger partial charge in [0.05, 0.1) is 25.4 Å². The molecule has 0 saturated carbocycles. The third-order valence-electron chi connectivity index (χ3n) is 12.1. The largest absolute Gasteiger partial charge is 0.394 e. The van der Waals surface area contributed by atoms with E-state index in [9.17, 15) is 30.3 Å². The molecule has 0 spiro atoms. The molecule has 0 radical (unpaired) electrons. The summed E-state index contributed by atoms with van der Waals surface area (Å²) in [5, 5.41) is 54.4. The Kier molecular flexibility index (Phi) is 41.4. The van der Waals surface area contributed by atoms with Gasteiger partial charge in [-0.3, -0.25) is 4.79 Å². The first-order chi connectivity index (χ1) is 31.3. The molecule has 1 amide bonds. The Balaban J connectivity index is 2.20. The zero-order valence-corrected chi connectivity index (χ0v) is 40.8. The van der Waals surface area contributed by atoms with Crippen molar-refractivity contribution >= 4 is 5.91 Å². The second-order valence-corrected chi connectivity index (χ2v) is 17.9. The molecule has 6 N–H and O–H groups in total. The minimum Gasteiger partial charge on any atom is -0.394 e. The van der Waals surface area contributed by atoms with Crippen molar-refractivity contribution in [1.82, 2.24) is 5.32 Å². The molecule has 1 aliphatic heterocycles. The smallest absolute Gasteiger partial charge is 0.220 e. The third-order valence-corrected chi connectivity index (χ3v) is 12.1. The van der Waals surface area contributed by atoms with Crippen LogP contribution in [0.4, 0.5) is 0 Å². The van der Waals surface area contributed by atoms with Crippen LogP contribution in [0.15, 0.2) is 72.9 Å². The molecule has 0 aromatic rings. The second kappa shape index (κ2) is 44.5. The van der Waals surface area contributed by atoms with Crippen molar-refractivity contribution in [3.05, 3.63) is 72.9 Å². The summed E-state index contributed by atoms with van der Waals surface area (Å²) in [6, 6.07) is -0.724. The first-order valence-corrected chi connectivity index (χ1v) is 26.1. The molecule has 370 valence electrons. The summed E-state index contributed by atoms with van der Waals surface area (Å²) >= 11 is 0. The number of rotatable bonds is 43. The SMILES string of the molecule is CC/C=C\C/C=C\C/C=C\C/C=C\C/C=C\C/C=C\CCCCCCCCCCCCC(=O)NC(COC1OC(CO)C(O)C(O)C1O)C(O)CCCCCCCCCCCCCC. The molecule has 0 aromatic carbocycles. The lowest BCUT2D eigenvalue weighted by Gasteiger charge is -2.40. The van der Waals surface area contributed by atoms with Crippen molar-refractivity contribution < 1.29 is 39.8 Å². The number of allylic oxidation sites excluding steroid dienone is 12. The van der Waals surface area contributed by atoms with Gasteiger partial charge in [-0.2, -0.15) is 0 Å². The van der Waals surface area contributed by atoms with Crippen LogP contribution in [-0.2, 0) is 14.3 Å². The lowest BCUT2D eigenvalue weighted by molar-refractivity contribution is -0.302. The molecule has 1 rings (SSSR count). The van der Waals surface area contributed by atoms with Crippen molar-refractivity contribution in [2.45, 2.75) is 256 Å². The molecule has 1 saturated heterocycles. The molecule has 0 aliphatic carbocycles. The molecule has 1 aliphatic rings. The van der Waals surface area contributed by atoms with Crippen LogP contribution < -0.4 is 5.32 Å². The number of aliphatic hydroxyl groups is 5. The van der Waals surface area contributed by atoms with Gasteiger partial charge < -0.3 is 40.3 Å². The first-order valence-electron chi connectivity index (χ1n) is 26.1. The van der Waals surface area contributed by atoms with Crippen LogP contribution >= 0.6 is 0 Å². The van der Waals surface area contributed by atoms with Gasteiger partial charge in [-0.05, 0) is 64.2 Å². The number of amides is 1. The third kappa shape index (κ3) is 34.0. The number of aliphatic hydroxyl groups excluding tert-OH is 5. The van der Waals surface area contributed by atoms with Crippen LogP contribution in [0.5, 0.6) is 0 Å². The Morgan fingerprint density at radius 2 is 0.969 bits per heavy atom. The van der Waals surface area contributed by atoms with E-state index in [4.69, 9.17) is 9.47 Å². The highest BCUT2D eigenvalue weighted by Crippen LogP contribution is 2.23. The number of hydrogen-bond donors (Lipinski definition) is 6. The van der Waals surface area contributed by atoms with E-state index in [2.05, 4.69) is 92.1 Å². The Labute approximate surface area is 391 Å². The highest BCUT2D eigenvalue weighted by molar-refractivity contribution is 5.76. The molecule has 0 bridgehead atoms. The number of unbranched alkanes of at least 4 members (excludes halogenated alkanes) is 21. The van der Waals surface area contributed by atoms with Crippen LogP contribution in [0.3, 0.4) is 0 Å². The fraction of sp³-hybridized carbons (Fsp3) is 0.764. The normalized spacial score (nSPS) is 20.6. The molecule has 7 atom stereocenters. The molecule has 9 nitrogen and oxygen atoms in total. The van der Waals surface area contributed by atoms with Gasteiger partial charge in [0.1, 0.15) is 24.4 Å². The topological polar surface area (TPSA) is 149 Å². The molecule has 9 heteroatoms. The molecule has 64 heavy (non-hydrogen) atoms. The molecular formula is C55H97NO8. The molecule has 7 unspecified atom stereocenters. The van der Waals surface area contributed by atoms with E-state index in [1.807, 2.05) is 0 Å². The highest BCUT2D eigenvalue weighted by Gasteiger charge is 2.44. The lowest BCUT2D eigenvalue weighted by Crippen LogP contribution is -2.60. The maximum absolute atomic E-state index is 13.0. The number of hydrogen-bond acceptors (Lipinski definition) is 8. The number of ether oxygens (including phenoxy) is 2. The Hall–Kier alpha value is -2.37. The summed E-state index contributed by atoms with van der Waals surface area (Å²) in [7, 11) is 0. The summed E-state index contributed by atoms with van der Waals surface area (Å²) < 4.78 is 11.3. The van der Waals surface area contributed by atoms with Crippen LogP contribution in [0, 0.1) is 0 Å². The van der Waals surface area contributed by atoms with Gasteiger partial charge in [0.25, 0.3) is 0 Å². The maximum Gasteiger partial charge on any atom is 0.220 e. The van der Waals surface area contributed by atoms with Gasteiger partial charge in [0.2, 0.25) is 5.91 Å². The molecule has 0 aromatic heterocycles. The predicted molar refractivity (Wildman–Crippen MR) is 267 cm³/mol. The van der Waals surface area contributed by atoms with E-state index in [0.29, 0.717) is 12.8 Å². The molecule has 1 heterocycles. The van der Waals surface area contributed by atoms with E-state index in [0.717, 1.165) is 83.5 Å². The minimum absolute atomic E-state index is 0.142. The van der Waals surface area contributed by atoms with Crippen molar-refractivity contribution in [2.24, 2.45) is 0 Å². The van der Waals surface area contributed by atoms with Crippen LogP contribution in [0.1, 0.15) is 213 Å². The first kappa shape index (κ1) is 59.6. The summed E-state index contributed by atoms with van der Waals surface area (Å²) in [5.74, 6) is -0.153. The van der Waals surface area contributed by atoms with Crippen molar-refractivity contribution in [3.63, 3.8) is 0 Å². The number of nitrogens with one attached hydrogen (secondary N) is 1. The lowest BCUT2D eigenvalue weighted by atomic mass is 9.99. The van der Waals surface area contributed by atoms with Gasteiger partial charge in [0, 0.05) is 6.42 Å². The van der Waals surface area contributed by atoms with Gasteiger partial charge in [-0.25, -0.2) is 0 Å². The van der Waals surface area contributed by atoms with E-state index in [1.54, 1.807) is 0 Å². The van der Waals surface area contributed by atoms with Crippen LogP contribution in [-0.4, -0.2) is 87.5 Å². The van der Waals surface area contributed by atoms with Gasteiger partial charge in [0.15, 0.2) is 6.29 Å². The van der Waals surface area contributed by atoms with Crippen LogP contribution in [0.2, 0.25) is 0 Å². The molecular weight excluding hydrogens is 803 g/mol. The van der Waals surface area contributed by atoms with Crippen LogP contribution in [0.25, 0.3) is 0 Å². The standard InChI is InChI=1S/C55H97NO8/c1-3-5-7-9-11-13-15-17-18-19-20-21-22-23-24-25-26-27-28-29-30-31-32-33-35-37-39-41-43-45-51(59)56-48(47-63-55-54(62)53(61)52(60)50(46-57)64-55)49(58)44-42-40-38-36-34-16-14-12-10-8-6-4-2/h5,7,11,13,17-18,20-21,23-24,26-27,48-50,52-55,57-58,60-62H,3-4,6,8-10,12,14-16,19,22,25,28-47H2,1-2H3,(H,56,59)/b7-5-,13-11-,18-17-,21-20-,24-23-,27-26-. The zero-order valence-electron chi connectivity index (χ0n) is 40.8. The summed E-state index contributed by atoms with van der Waals surface area (Å²) in [5.41, 5.74) is 0. The van der Waals surface area contributed by atoms with Crippen molar-refractivity contribution in [1.29, 1.82) is 0 Å². The quantitative estimate of drug-likeness (QED) is 0.0262. The predicted octanol–water partition coefficient (Wildman–Crippen LogP) is 12.1. The van der Waals surface area contributed by atoms with Gasteiger partial charge in [-0.1, -0.05) is 215 Å². The Bertz CT molecular complexity index is 1230. The van der Waals surface area contributed by atoms with E-state index in [1.165, 1.54) is 103 Å². The number of carbonyl (C=O) groups is 1. The monoisotopic (exact) mass is 900 g/mol. The summed E-state index contributed by atoms with van der Waals surface area (Å²) in [6.45, 7) is 3.71. The number of carbonyl (C=O) groups excluding carboxylic acids is 1.